The van der Waals surface area contributed by atoms with Crippen LogP contribution >= 0.6 is 0 Å². The fraction of sp³-hybridized carbons (Fsp3) is 0.316. The molecule has 0 fully saturated rings. The van der Waals surface area contributed by atoms with Crippen LogP contribution < -0.4 is 10.1 Å². The summed E-state index contributed by atoms with van der Waals surface area (Å²) >= 11 is 0. The number of rotatable bonds is 4. The van der Waals surface area contributed by atoms with Crippen LogP contribution in [-0.4, -0.2) is 12.5 Å². The van der Waals surface area contributed by atoms with Gasteiger partial charge in [0.2, 0.25) is 0 Å². The lowest BCUT2D eigenvalue weighted by Crippen LogP contribution is -2.31. The Balaban J connectivity index is 1.81. The van der Waals surface area contributed by atoms with Gasteiger partial charge in [-0.05, 0) is 49.4 Å². The number of nitrogens with one attached hydrogen (secondary N) is 1. The van der Waals surface area contributed by atoms with E-state index in [0.717, 1.165) is 19.3 Å². The molecule has 1 aliphatic carbocycles. The van der Waals surface area contributed by atoms with E-state index in [1.54, 1.807) is 0 Å². The summed E-state index contributed by atoms with van der Waals surface area (Å²) in [6.45, 7) is 2.47. The number of hydrogen-bond donors (Lipinski definition) is 1. The van der Waals surface area contributed by atoms with Crippen LogP contribution in [0.2, 0.25) is 0 Å². The van der Waals surface area contributed by atoms with Crippen molar-refractivity contribution in [3.05, 3.63) is 65.2 Å². The number of amides is 1. The van der Waals surface area contributed by atoms with E-state index in [-0.39, 0.29) is 11.9 Å². The lowest BCUT2D eigenvalue weighted by molar-refractivity contribution is 0.0929. The Labute approximate surface area is 131 Å². The maximum Gasteiger partial charge on any atom is 0.255 e. The molecule has 2 aromatic carbocycles. The summed E-state index contributed by atoms with van der Waals surface area (Å²) in [5.41, 5.74) is 3.19. The number of carbonyl (C=O) groups is 1. The van der Waals surface area contributed by atoms with Gasteiger partial charge in [-0.15, -0.1) is 0 Å². The van der Waals surface area contributed by atoms with Gasteiger partial charge in [0.25, 0.3) is 5.91 Å². The van der Waals surface area contributed by atoms with Gasteiger partial charge in [0.1, 0.15) is 5.75 Å². The van der Waals surface area contributed by atoms with Gasteiger partial charge in [-0.3, -0.25) is 4.79 Å². The van der Waals surface area contributed by atoms with E-state index >= 15 is 0 Å². The first-order valence-electron chi connectivity index (χ1n) is 7.90. The first-order valence-corrected chi connectivity index (χ1v) is 7.90. The van der Waals surface area contributed by atoms with Gasteiger partial charge >= 0.3 is 0 Å². The third-order valence-electron chi connectivity index (χ3n) is 4.11. The number of fused-ring (bicyclic) bond motifs is 1. The topological polar surface area (TPSA) is 38.3 Å². The van der Waals surface area contributed by atoms with Gasteiger partial charge in [0, 0.05) is 0 Å². The fourth-order valence-corrected chi connectivity index (χ4v) is 3.08. The second kappa shape index (κ2) is 6.65. The van der Waals surface area contributed by atoms with Crippen LogP contribution in [0.5, 0.6) is 5.75 Å². The average molecular weight is 295 g/mol. The summed E-state index contributed by atoms with van der Waals surface area (Å²) < 4.78 is 5.56. The minimum absolute atomic E-state index is 0.0641. The number of hydrogen-bond acceptors (Lipinski definition) is 2. The van der Waals surface area contributed by atoms with Crippen molar-refractivity contribution in [2.75, 3.05) is 6.61 Å². The third-order valence-corrected chi connectivity index (χ3v) is 4.11. The normalized spacial score (nSPS) is 16.7. The predicted octanol–water partition coefficient (Wildman–Crippen LogP) is 3.89. The maximum atomic E-state index is 12.6. The summed E-state index contributed by atoms with van der Waals surface area (Å²) in [5.74, 6) is 0.581. The molecule has 114 valence electrons. The van der Waals surface area contributed by atoms with Crippen LogP contribution in [-0.2, 0) is 6.42 Å². The van der Waals surface area contributed by atoms with E-state index < -0.39 is 0 Å². The first-order chi connectivity index (χ1) is 10.8. The van der Waals surface area contributed by atoms with E-state index in [4.69, 9.17) is 4.74 Å². The molecule has 3 rings (SSSR count). The number of para-hydroxylation sites is 1. The van der Waals surface area contributed by atoms with E-state index in [1.165, 1.54) is 11.1 Å². The number of carbonyl (C=O) groups excluding carboxylic acids is 1. The Morgan fingerprint density at radius 1 is 1.18 bits per heavy atom. The van der Waals surface area contributed by atoms with Gasteiger partial charge in [-0.2, -0.15) is 0 Å². The average Bonchev–Trinajstić information content (AvgIpc) is 2.56. The fourth-order valence-electron chi connectivity index (χ4n) is 3.08. The molecule has 0 bridgehead atoms. The Hall–Kier alpha value is -2.29. The van der Waals surface area contributed by atoms with Crippen molar-refractivity contribution in [3.63, 3.8) is 0 Å². The van der Waals surface area contributed by atoms with Crippen LogP contribution in [0.4, 0.5) is 0 Å². The molecular weight excluding hydrogens is 274 g/mol. The number of ether oxygens (including phenoxy) is 1. The zero-order valence-electron chi connectivity index (χ0n) is 12.8. The van der Waals surface area contributed by atoms with Crippen molar-refractivity contribution in [1.82, 2.24) is 5.32 Å². The highest BCUT2D eigenvalue weighted by atomic mass is 16.5. The van der Waals surface area contributed by atoms with E-state index in [9.17, 15) is 4.79 Å². The van der Waals surface area contributed by atoms with Gasteiger partial charge in [0.15, 0.2) is 0 Å². The van der Waals surface area contributed by atoms with Gasteiger partial charge < -0.3 is 10.1 Å². The van der Waals surface area contributed by atoms with Crippen molar-refractivity contribution >= 4 is 5.91 Å². The lowest BCUT2D eigenvalue weighted by Gasteiger charge is -2.26. The monoisotopic (exact) mass is 295 g/mol. The molecule has 0 saturated heterocycles. The zero-order valence-corrected chi connectivity index (χ0v) is 12.8. The summed E-state index contributed by atoms with van der Waals surface area (Å²) in [5, 5.41) is 3.17. The zero-order chi connectivity index (χ0) is 15.4. The van der Waals surface area contributed by atoms with Crippen LogP contribution in [0.1, 0.15) is 47.3 Å². The largest absolute Gasteiger partial charge is 0.493 e. The second-order valence-electron chi connectivity index (χ2n) is 5.55. The molecule has 0 aliphatic heterocycles. The molecule has 3 nitrogen and oxygen atoms in total. The molecule has 0 unspecified atom stereocenters. The molecule has 3 heteroatoms. The quantitative estimate of drug-likeness (QED) is 0.929. The maximum absolute atomic E-state index is 12.6. The SMILES string of the molecule is CCOc1ccccc1C(=O)N[C@H]1CCCc2ccccc21. The Morgan fingerprint density at radius 2 is 1.95 bits per heavy atom. The first kappa shape index (κ1) is 14.6. The molecule has 1 N–H and O–H groups in total. The van der Waals surface area contributed by atoms with Crippen molar-refractivity contribution < 1.29 is 9.53 Å². The lowest BCUT2D eigenvalue weighted by atomic mass is 9.87. The molecular formula is C19H21NO2. The van der Waals surface area contributed by atoms with E-state index in [2.05, 4.69) is 23.5 Å². The molecule has 0 aromatic heterocycles. The highest BCUT2D eigenvalue weighted by molar-refractivity contribution is 5.97. The second-order valence-corrected chi connectivity index (χ2v) is 5.55. The molecule has 0 spiro atoms. The standard InChI is InChI=1S/C19H21NO2/c1-2-22-18-13-6-5-11-16(18)19(21)20-17-12-7-9-14-8-3-4-10-15(14)17/h3-6,8,10-11,13,17H,2,7,9,12H2,1H3,(H,20,21)/t17-/m0/s1. The van der Waals surface area contributed by atoms with Crippen LogP contribution in [0, 0.1) is 0 Å². The Bertz CT molecular complexity index is 666. The summed E-state index contributed by atoms with van der Waals surface area (Å²) in [6, 6.07) is 15.9. The van der Waals surface area contributed by atoms with Crippen molar-refractivity contribution in [3.8, 4) is 5.75 Å². The van der Waals surface area contributed by atoms with E-state index in [1.807, 2.05) is 37.3 Å². The van der Waals surface area contributed by atoms with Gasteiger partial charge in [0.05, 0.1) is 18.2 Å². The summed E-state index contributed by atoms with van der Waals surface area (Å²) in [7, 11) is 0. The minimum Gasteiger partial charge on any atom is -0.493 e. The molecule has 1 atom stereocenters. The molecule has 0 heterocycles. The minimum atomic E-state index is -0.0641. The molecule has 2 aromatic rings. The van der Waals surface area contributed by atoms with Crippen LogP contribution in [0.15, 0.2) is 48.5 Å². The smallest absolute Gasteiger partial charge is 0.255 e. The third kappa shape index (κ3) is 2.98. The Kier molecular flexibility index (Phi) is 4.42. The van der Waals surface area contributed by atoms with Gasteiger partial charge in [-0.25, -0.2) is 0 Å². The highest BCUT2D eigenvalue weighted by Gasteiger charge is 2.23. The molecule has 0 saturated carbocycles. The molecule has 1 aliphatic rings. The van der Waals surface area contributed by atoms with Crippen molar-refractivity contribution in [1.29, 1.82) is 0 Å². The highest BCUT2D eigenvalue weighted by Crippen LogP contribution is 2.30. The molecule has 0 radical (unpaired) electrons. The Morgan fingerprint density at radius 3 is 2.82 bits per heavy atom. The van der Waals surface area contributed by atoms with Crippen LogP contribution in [0.3, 0.4) is 0 Å². The molecule has 22 heavy (non-hydrogen) atoms. The van der Waals surface area contributed by atoms with Crippen molar-refractivity contribution in [2.24, 2.45) is 0 Å². The van der Waals surface area contributed by atoms with Gasteiger partial charge in [-0.1, -0.05) is 36.4 Å². The number of aryl methyl sites for hydroxylation is 1. The van der Waals surface area contributed by atoms with Crippen molar-refractivity contribution in [2.45, 2.75) is 32.2 Å². The summed E-state index contributed by atoms with van der Waals surface area (Å²) in [6.07, 6.45) is 3.19. The molecule has 1 amide bonds. The summed E-state index contributed by atoms with van der Waals surface area (Å²) in [4.78, 5) is 12.6. The predicted molar refractivity (Wildman–Crippen MR) is 87.2 cm³/mol. The van der Waals surface area contributed by atoms with E-state index in [0.29, 0.717) is 17.9 Å². The number of benzene rings is 2. The van der Waals surface area contributed by atoms with Crippen LogP contribution in [0.25, 0.3) is 0 Å².